The average molecular weight is 418 g/mol. The van der Waals surface area contributed by atoms with Gasteiger partial charge in [0.15, 0.2) is 6.61 Å². The van der Waals surface area contributed by atoms with Crippen LogP contribution in [0.1, 0.15) is 49.9 Å². The van der Waals surface area contributed by atoms with Crippen molar-refractivity contribution in [3.05, 3.63) is 35.9 Å². The van der Waals surface area contributed by atoms with Crippen LogP contribution in [-0.2, 0) is 19.1 Å². The lowest BCUT2D eigenvalue weighted by Gasteiger charge is -2.25. The molecule has 162 valence electrons. The summed E-state index contributed by atoms with van der Waals surface area (Å²) in [4.78, 5) is 61.3. The summed E-state index contributed by atoms with van der Waals surface area (Å²) in [5, 5.41) is 2.69. The molecule has 0 atom stereocenters. The number of benzene rings is 1. The summed E-state index contributed by atoms with van der Waals surface area (Å²) in [6, 6.07) is 7.56. The van der Waals surface area contributed by atoms with Gasteiger partial charge in [-0.05, 0) is 25.0 Å². The fraction of sp³-hybridized carbons (Fsp3) is 0.450. The van der Waals surface area contributed by atoms with Gasteiger partial charge in [-0.15, -0.1) is 0 Å². The van der Waals surface area contributed by atoms with Crippen molar-refractivity contribution >= 4 is 29.7 Å². The van der Waals surface area contributed by atoms with Crippen LogP contribution in [0.5, 0.6) is 0 Å². The quantitative estimate of drug-likeness (QED) is 0.310. The molecular weight excluding hydrogens is 392 g/mol. The molecule has 0 aromatic heterocycles. The van der Waals surface area contributed by atoms with Crippen molar-refractivity contribution in [3.63, 3.8) is 0 Å². The lowest BCUT2D eigenvalue weighted by molar-refractivity contribution is -0.151. The normalized spacial score (nSPS) is 14.8. The Bertz CT molecular complexity index is 805. The Balaban J connectivity index is 1.81. The molecule has 0 radical (unpaired) electrons. The third kappa shape index (κ3) is 5.56. The molecule has 0 unspecified atom stereocenters. The number of amides is 5. The van der Waals surface area contributed by atoms with Crippen molar-refractivity contribution in [1.29, 1.82) is 0 Å². The summed E-state index contributed by atoms with van der Waals surface area (Å²) in [5.41, 5.74) is 3.65. The van der Waals surface area contributed by atoms with Crippen LogP contribution in [0.4, 0.5) is 4.79 Å². The molecule has 3 N–H and O–H groups in total. The van der Waals surface area contributed by atoms with Gasteiger partial charge in [0.1, 0.15) is 12.1 Å². The SMILES string of the molecule is CCCC1(CCC)NC(=O)N(CC(=O)OCC(=O)NNC(=O)c2ccccc2)C1=O. The van der Waals surface area contributed by atoms with Crippen LogP contribution in [0, 0.1) is 0 Å². The van der Waals surface area contributed by atoms with Gasteiger partial charge in [-0.1, -0.05) is 44.9 Å². The summed E-state index contributed by atoms with van der Waals surface area (Å²) in [6.07, 6.45) is 2.33. The Morgan fingerprint density at radius 1 is 1.03 bits per heavy atom. The lowest BCUT2D eigenvalue weighted by Crippen LogP contribution is -2.47. The van der Waals surface area contributed by atoms with Crippen LogP contribution >= 0.6 is 0 Å². The number of ether oxygens (including phenoxy) is 1. The van der Waals surface area contributed by atoms with Crippen LogP contribution < -0.4 is 16.2 Å². The molecule has 1 fully saturated rings. The average Bonchev–Trinajstić information content (AvgIpc) is 2.95. The molecule has 5 amide bonds. The van der Waals surface area contributed by atoms with Crippen LogP contribution in [0.2, 0.25) is 0 Å². The van der Waals surface area contributed by atoms with Crippen molar-refractivity contribution in [1.82, 2.24) is 21.1 Å². The molecule has 30 heavy (non-hydrogen) atoms. The van der Waals surface area contributed by atoms with E-state index in [1.165, 1.54) is 0 Å². The van der Waals surface area contributed by atoms with Crippen molar-refractivity contribution in [2.75, 3.05) is 13.2 Å². The van der Waals surface area contributed by atoms with E-state index in [4.69, 9.17) is 4.74 Å². The van der Waals surface area contributed by atoms with Crippen LogP contribution in [0.15, 0.2) is 30.3 Å². The van der Waals surface area contributed by atoms with Crippen LogP contribution in [0.3, 0.4) is 0 Å². The van der Waals surface area contributed by atoms with Crippen molar-refractivity contribution in [2.45, 2.75) is 45.1 Å². The minimum atomic E-state index is -1.00. The number of nitrogens with zero attached hydrogens (tertiary/aromatic N) is 1. The maximum Gasteiger partial charge on any atom is 0.326 e. The number of hydrazine groups is 1. The first-order valence-electron chi connectivity index (χ1n) is 9.77. The number of nitrogens with one attached hydrogen (secondary N) is 3. The van der Waals surface area contributed by atoms with E-state index in [9.17, 15) is 24.0 Å². The van der Waals surface area contributed by atoms with E-state index in [1.807, 2.05) is 13.8 Å². The van der Waals surface area contributed by atoms with E-state index in [0.29, 0.717) is 31.2 Å². The molecule has 0 bridgehead atoms. The third-order valence-electron chi connectivity index (χ3n) is 4.60. The number of esters is 1. The van der Waals surface area contributed by atoms with E-state index in [2.05, 4.69) is 16.2 Å². The molecule has 1 aliphatic rings. The van der Waals surface area contributed by atoms with Crippen LogP contribution in [-0.4, -0.2) is 53.3 Å². The molecule has 10 nitrogen and oxygen atoms in total. The Labute approximate surface area is 174 Å². The van der Waals surface area contributed by atoms with Gasteiger partial charge in [0.2, 0.25) is 0 Å². The zero-order valence-electron chi connectivity index (χ0n) is 17.0. The topological polar surface area (TPSA) is 134 Å². The number of carbonyl (C=O) groups is 5. The molecule has 2 rings (SSSR count). The Hall–Kier alpha value is -3.43. The van der Waals surface area contributed by atoms with Gasteiger partial charge in [0.25, 0.3) is 17.7 Å². The first kappa shape index (κ1) is 22.9. The first-order chi connectivity index (χ1) is 14.3. The molecule has 0 saturated carbocycles. The standard InChI is InChI=1S/C20H26N4O6/c1-3-10-20(11-4-2)18(28)24(19(29)21-20)12-16(26)30-13-15(25)22-23-17(27)14-8-6-5-7-9-14/h5-9H,3-4,10-13H2,1-2H3,(H,21,29)(H,22,25)(H,23,27). The third-order valence-corrected chi connectivity index (χ3v) is 4.60. The summed E-state index contributed by atoms with van der Waals surface area (Å²) in [6.45, 7) is 2.54. The largest absolute Gasteiger partial charge is 0.454 e. The number of carbonyl (C=O) groups excluding carboxylic acids is 5. The van der Waals surface area contributed by atoms with Gasteiger partial charge in [-0.25, -0.2) is 4.79 Å². The predicted molar refractivity (Wildman–Crippen MR) is 106 cm³/mol. The van der Waals surface area contributed by atoms with Gasteiger partial charge in [-0.3, -0.25) is 34.9 Å². The van der Waals surface area contributed by atoms with E-state index >= 15 is 0 Å². The number of imide groups is 1. The van der Waals surface area contributed by atoms with Crippen molar-refractivity contribution in [2.24, 2.45) is 0 Å². The molecule has 1 aliphatic heterocycles. The van der Waals surface area contributed by atoms with Crippen molar-refractivity contribution in [3.8, 4) is 0 Å². The summed E-state index contributed by atoms with van der Waals surface area (Å²) < 4.78 is 4.81. The Kier molecular flexibility index (Phi) is 7.90. The zero-order valence-corrected chi connectivity index (χ0v) is 17.0. The molecular formula is C20H26N4O6. The fourth-order valence-electron chi connectivity index (χ4n) is 3.28. The molecule has 1 heterocycles. The van der Waals surface area contributed by atoms with Gasteiger partial charge in [-0.2, -0.15) is 0 Å². The first-order valence-corrected chi connectivity index (χ1v) is 9.77. The van der Waals surface area contributed by atoms with Gasteiger partial charge < -0.3 is 10.1 Å². The molecule has 1 aromatic carbocycles. The molecule has 1 saturated heterocycles. The van der Waals surface area contributed by atoms with E-state index in [1.54, 1.807) is 30.3 Å². The smallest absolute Gasteiger partial charge is 0.326 e. The van der Waals surface area contributed by atoms with Crippen LogP contribution in [0.25, 0.3) is 0 Å². The zero-order chi connectivity index (χ0) is 22.1. The molecule has 0 spiro atoms. The maximum absolute atomic E-state index is 12.7. The monoisotopic (exact) mass is 418 g/mol. The minimum absolute atomic E-state index is 0.344. The highest BCUT2D eigenvalue weighted by Gasteiger charge is 2.50. The molecule has 1 aromatic rings. The van der Waals surface area contributed by atoms with Gasteiger partial charge in [0, 0.05) is 5.56 Å². The molecule has 0 aliphatic carbocycles. The van der Waals surface area contributed by atoms with Gasteiger partial charge >= 0.3 is 12.0 Å². The number of rotatable bonds is 9. The Morgan fingerprint density at radius 2 is 1.67 bits per heavy atom. The Morgan fingerprint density at radius 3 is 2.27 bits per heavy atom. The van der Waals surface area contributed by atoms with E-state index in [0.717, 1.165) is 4.90 Å². The number of hydrogen-bond acceptors (Lipinski definition) is 6. The second kappa shape index (κ2) is 10.4. The van der Waals surface area contributed by atoms with Crippen molar-refractivity contribution < 1.29 is 28.7 Å². The number of hydrogen-bond donors (Lipinski definition) is 3. The maximum atomic E-state index is 12.7. The number of urea groups is 1. The van der Waals surface area contributed by atoms with E-state index < -0.39 is 48.4 Å². The highest BCUT2D eigenvalue weighted by Crippen LogP contribution is 2.27. The van der Waals surface area contributed by atoms with E-state index in [-0.39, 0.29) is 0 Å². The summed E-state index contributed by atoms with van der Waals surface area (Å²) in [7, 11) is 0. The highest BCUT2D eigenvalue weighted by atomic mass is 16.5. The molecule has 10 heteroatoms. The predicted octanol–water partition coefficient (Wildman–Crippen LogP) is 0.882. The minimum Gasteiger partial charge on any atom is -0.454 e. The highest BCUT2D eigenvalue weighted by molar-refractivity contribution is 6.08. The fourth-order valence-corrected chi connectivity index (χ4v) is 3.28. The second-order valence-corrected chi connectivity index (χ2v) is 6.93. The van der Waals surface area contributed by atoms with Gasteiger partial charge in [0.05, 0.1) is 0 Å². The lowest BCUT2D eigenvalue weighted by atomic mass is 9.88. The summed E-state index contributed by atoms with van der Waals surface area (Å²) in [5.74, 6) is -2.67. The summed E-state index contributed by atoms with van der Waals surface area (Å²) >= 11 is 0. The second-order valence-electron chi connectivity index (χ2n) is 6.93.